The van der Waals surface area contributed by atoms with E-state index in [1.165, 1.54) is 0 Å². The Hall–Kier alpha value is -1.40. The Bertz CT molecular complexity index is 480. The molecule has 2 aliphatic rings. The molecule has 0 amide bonds. The minimum atomic E-state index is -0.700. The van der Waals surface area contributed by atoms with Crippen molar-refractivity contribution >= 4 is 5.97 Å². The summed E-state index contributed by atoms with van der Waals surface area (Å²) in [6.07, 6.45) is 4.29. The van der Waals surface area contributed by atoms with E-state index in [1.807, 2.05) is 0 Å². The number of rotatable bonds is 4. The lowest BCUT2D eigenvalue weighted by molar-refractivity contribution is -0.142. The van der Waals surface area contributed by atoms with Crippen molar-refractivity contribution < 1.29 is 14.6 Å². The molecule has 6 nitrogen and oxygen atoms in total. The standard InChI is InChI=1S/C14H21N3O3/c18-14(19)11-1-4-17-10-12(15-13(17)9-11)2-3-16-5-7-20-8-6-16/h10-11H,1-9H2,(H,18,19). The van der Waals surface area contributed by atoms with Crippen LogP contribution in [-0.4, -0.2) is 58.4 Å². The number of aryl methyl sites for hydroxylation is 1. The summed E-state index contributed by atoms with van der Waals surface area (Å²) < 4.78 is 7.45. The van der Waals surface area contributed by atoms with Crippen LogP contribution in [0.15, 0.2) is 6.20 Å². The maximum Gasteiger partial charge on any atom is 0.307 e. The molecule has 1 fully saturated rings. The number of fused-ring (bicyclic) bond motifs is 1. The van der Waals surface area contributed by atoms with Crippen LogP contribution in [0.3, 0.4) is 0 Å². The summed E-state index contributed by atoms with van der Waals surface area (Å²) in [4.78, 5) is 18.0. The van der Waals surface area contributed by atoms with Crippen molar-refractivity contribution in [2.45, 2.75) is 25.8 Å². The SMILES string of the molecule is O=C(O)C1CCn2cc(CCN3CCOCC3)nc2C1. The molecule has 3 rings (SSSR count). The third-order valence-electron chi connectivity index (χ3n) is 4.19. The zero-order valence-corrected chi connectivity index (χ0v) is 11.6. The second kappa shape index (κ2) is 5.93. The summed E-state index contributed by atoms with van der Waals surface area (Å²) in [7, 11) is 0. The summed E-state index contributed by atoms with van der Waals surface area (Å²) >= 11 is 0. The van der Waals surface area contributed by atoms with Crippen LogP contribution in [0, 0.1) is 5.92 Å². The number of aromatic nitrogens is 2. The molecule has 3 heterocycles. The van der Waals surface area contributed by atoms with Gasteiger partial charge in [0.1, 0.15) is 5.82 Å². The largest absolute Gasteiger partial charge is 0.481 e. The normalized spacial score (nSPS) is 23.5. The smallest absolute Gasteiger partial charge is 0.307 e. The number of morpholine rings is 1. The molecule has 0 aromatic carbocycles. The van der Waals surface area contributed by atoms with Crippen LogP contribution >= 0.6 is 0 Å². The minimum absolute atomic E-state index is 0.267. The Morgan fingerprint density at radius 2 is 2.20 bits per heavy atom. The Kier molecular flexibility index (Phi) is 4.03. The van der Waals surface area contributed by atoms with Gasteiger partial charge in [0.25, 0.3) is 0 Å². The minimum Gasteiger partial charge on any atom is -0.481 e. The molecular weight excluding hydrogens is 258 g/mol. The average molecular weight is 279 g/mol. The zero-order chi connectivity index (χ0) is 13.9. The van der Waals surface area contributed by atoms with E-state index in [9.17, 15) is 4.79 Å². The first kappa shape index (κ1) is 13.6. The molecule has 0 saturated carbocycles. The molecule has 2 aliphatic heterocycles. The molecule has 0 radical (unpaired) electrons. The monoisotopic (exact) mass is 279 g/mol. The highest BCUT2D eigenvalue weighted by atomic mass is 16.5. The van der Waals surface area contributed by atoms with E-state index in [0.717, 1.165) is 57.3 Å². The van der Waals surface area contributed by atoms with Crippen LogP contribution < -0.4 is 0 Å². The summed E-state index contributed by atoms with van der Waals surface area (Å²) in [5.41, 5.74) is 1.08. The van der Waals surface area contributed by atoms with Gasteiger partial charge in [0.2, 0.25) is 0 Å². The lowest BCUT2D eigenvalue weighted by atomic mass is 9.98. The highest BCUT2D eigenvalue weighted by Crippen LogP contribution is 2.20. The average Bonchev–Trinajstić information content (AvgIpc) is 2.88. The molecule has 0 bridgehead atoms. The van der Waals surface area contributed by atoms with E-state index in [0.29, 0.717) is 12.8 Å². The van der Waals surface area contributed by atoms with Gasteiger partial charge in [-0.05, 0) is 6.42 Å². The van der Waals surface area contributed by atoms with E-state index >= 15 is 0 Å². The summed E-state index contributed by atoms with van der Waals surface area (Å²) in [6, 6.07) is 0. The highest BCUT2D eigenvalue weighted by molar-refractivity contribution is 5.70. The fourth-order valence-corrected chi connectivity index (χ4v) is 2.92. The van der Waals surface area contributed by atoms with Crippen molar-refractivity contribution in [2.75, 3.05) is 32.8 Å². The van der Waals surface area contributed by atoms with Gasteiger partial charge >= 0.3 is 5.97 Å². The third kappa shape index (κ3) is 3.02. The van der Waals surface area contributed by atoms with Crippen LogP contribution in [0.1, 0.15) is 17.9 Å². The van der Waals surface area contributed by atoms with Crippen molar-refractivity contribution in [1.82, 2.24) is 14.5 Å². The van der Waals surface area contributed by atoms with Crippen LogP contribution in [0.4, 0.5) is 0 Å². The molecule has 1 aromatic rings. The lowest BCUT2D eigenvalue weighted by Gasteiger charge is -2.26. The van der Waals surface area contributed by atoms with Crippen LogP contribution in [0.5, 0.6) is 0 Å². The molecule has 6 heteroatoms. The van der Waals surface area contributed by atoms with E-state index < -0.39 is 5.97 Å². The number of carboxylic acids is 1. The maximum absolute atomic E-state index is 11.0. The molecule has 0 aliphatic carbocycles. The molecular formula is C14H21N3O3. The molecule has 20 heavy (non-hydrogen) atoms. The summed E-state index contributed by atoms with van der Waals surface area (Å²) in [5, 5.41) is 9.09. The van der Waals surface area contributed by atoms with Crippen molar-refractivity contribution in [1.29, 1.82) is 0 Å². The van der Waals surface area contributed by atoms with Crippen LogP contribution in [-0.2, 0) is 28.9 Å². The number of ether oxygens (including phenoxy) is 1. The van der Waals surface area contributed by atoms with Gasteiger partial charge in [0, 0.05) is 45.2 Å². The second-order valence-corrected chi connectivity index (χ2v) is 5.57. The van der Waals surface area contributed by atoms with Crippen molar-refractivity contribution in [3.63, 3.8) is 0 Å². The number of imidazole rings is 1. The quantitative estimate of drug-likeness (QED) is 0.864. The van der Waals surface area contributed by atoms with Gasteiger partial charge in [0.15, 0.2) is 0 Å². The number of carboxylic acid groups (broad SMARTS) is 1. The predicted octanol–water partition coefficient (Wildman–Crippen LogP) is 0.405. The summed E-state index contributed by atoms with van der Waals surface area (Å²) in [6.45, 7) is 5.41. The second-order valence-electron chi connectivity index (χ2n) is 5.57. The van der Waals surface area contributed by atoms with E-state index in [4.69, 9.17) is 9.84 Å². The van der Waals surface area contributed by atoms with E-state index in [2.05, 4.69) is 20.6 Å². The molecule has 1 saturated heterocycles. The Morgan fingerprint density at radius 3 is 2.95 bits per heavy atom. The first-order valence-electron chi connectivity index (χ1n) is 7.30. The predicted molar refractivity (Wildman–Crippen MR) is 72.6 cm³/mol. The number of nitrogens with zero attached hydrogens (tertiary/aromatic N) is 3. The molecule has 1 unspecified atom stereocenters. The molecule has 1 atom stereocenters. The fourth-order valence-electron chi connectivity index (χ4n) is 2.92. The molecule has 1 aromatic heterocycles. The molecule has 1 N–H and O–H groups in total. The fraction of sp³-hybridized carbons (Fsp3) is 0.714. The van der Waals surface area contributed by atoms with E-state index in [1.54, 1.807) is 0 Å². The van der Waals surface area contributed by atoms with Gasteiger partial charge in [-0.25, -0.2) is 4.98 Å². The Labute approximate surface area is 118 Å². The summed E-state index contributed by atoms with van der Waals surface area (Å²) in [5.74, 6) is -0.0354. The Morgan fingerprint density at radius 1 is 1.40 bits per heavy atom. The number of hydrogen-bond acceptors (Lipinski definition) is 4. The highest BCUT2D eigenvalue weighted by Gasteiger charge is 2.25. The van der Waals surface area contributed by atoms with Gasteiger partial charge in [-0.2, -0.15) is 0 Å². The molecule has 0 spiro atoms. The van der Waals surface area contributed by atoms with Gasteiger partial charge in [-0.15, -0.1) is 0 Å². The van der Waals surface area contributed by atoms with Gasteiger partial charge in [-0.3, -0.25) is 9.69 Å². The van der Waals surface area contributed by atoms with E-state index in [-0.39, 0.29) is 5.92 Å². The van der Waals surface area contributed by atoms with Crippen LogP contribution in [0.25, 0.3) is 0 Å². The number of aliphatic carboxylic acids is 1. The topological polar surface area (TPSA) is 67.6 Å². The first-order valence-corrected chi connectivity index (χ1v) is 7.30. The van der Waals surface area contributed by atoms with Gasteiger partial charge < -0.3 is 14.4 Å². The first-order chi connectivity index (χ1) is 9.72. The van der Waals surface area contributed by atoms with Gasteiger partial charge in [-0.1, -0.05) is 0 Å². The van der Waals surface area contributed by atoms with Crippen LogP contribution in [0.2, 0.25) is 0 Å². The van der Waals surface area contributed by atoms with Crippen molar-refractivity contribution in [2.24, 2.45) is 5.92 Å². The third-order valence-corrected chi connectivity index (χ3v) is 4.19. The van der Waals surface area contributed by atoms with Gasteiger partial charge in [0.05, 0.1) is 24.8 Å². The Balaban J connectivity index is 1.57. The number of hydrogen-bond donors (Lipinski definition) is 1. The molecule has 110 valence electrons. The lowest BCUT2D eigenvalue weighted by Crippen LogP contribution is -2.37. The van der Waals surface area contributed by atoms with Crippen molar-refractivity contribution in [3.05, 3.63) is 17.7 Å². The zero-order valence-electron chi connectivity index (χ0n) is 11.6. The van der Waals surface area contributed by atoms with Crippen molar-refractivity contribution in [3.8, 4) is 0 Å². The maximum atomic E-state index is 11.0. The number of carbonyl (C=O) groups is 1.